The summed E-state index contributed by atoms with van der Waals surface area (Å²) in [6.07, 6.45) is 3.67. The van der Waals surface area contributed by atoms with Gasteiger partial charge in [0.2, 0.25) is 29.5 Å². The molecular formula is C44H56N8O7. The molecule has 6 N–H and O–H groups in total. The molecule has 0 radical (unpaired) electrons. The summed E-state index contributed by atoms with van der Waals surface area (Å²) in [4.78, 5) is 93.5. The fraction of sp³-hybridized carbons (Fsp3) is 0.432. The summed E-state index contributed by atoms with van der Waals surface area (Å²) < 4.78 is 5.29. The Balaban J connectivity index is 1.56. The first kappa shape index (κ1) is 43.9. The molecule has 0 saturated carbocycles. The van der Waals surface area contributed by atoms with Gasteiger partial charge in [0.05, 0.1) is 19.2 Å². The topological polar surface area (TPSA) is 204 Å². The van der Waals surface area contributed by atoms with Gasteiger partial charge in [-0.15, -0.1) is 0 Å². The average molecular weight is 809 g/mol. The molecule has 59 heavy (non-hydrogen) atoms. The van der Waals surface area contributed by atoms with Gasteiger partial charge in [0.15, 0.2) is 0 Å². The van der Waals surface area contributed by atoms with Gasteiger partial charge in [-0.25, -0.2) is 0 Å². The van der Waals surface area contributed by atoms with E-state index in [4.69, 9.17) is 4.74 Å². The number of carbonyl (C=O) groups is 6. The molecule has 0 aliphatic carbocycles. The molecule has 1 aliphatic heterocycles. The quantitative estimate of drug-likeness (QED) is 0.148. The van der Waals surface area contributed by atoms with Gasteiger partial charge >= 0.3 is 0 Å². The number of fused-ring (bicyclic) bond motifs is 1. The second kappa shape index (κ2) is 19.9. The average Bonchev–Trinajstić information content (AvgIpc) is 3.61. The van der Waals surface area contributed by atoms with Crippen LogP contribution in [0, 0.1) is 18.8 Å². The maximum atomic E-state index is 14.4. The lowest BCUT2D eigenvalue weighted by atomic mass is 9.99. The summed E-state index contributed by atoms with van der Waals surface area (Å²) in [5.74, 6) is -3.15. The Hall–Kier alpha value is -6.25. The predicted molar refractivity (Wildman–Crippen MR) is 223 cm³/mol. The fourth-order valence-electron chi connectivity index (χ4n) is 7.04. The number of amides is 6. The number of benzene rings is 2. The molecule has 1 aliphatic rings. The number of aryl methyl sites for hydroxylation is 1. The number of rotatable bonds is 9. The Morgan fingerprint density at radius 2 is 1.46 bits per heavy atom. The zero-order chi connectivity index (χ0) is 42.8. The van der Waals surface area contributed by atoms with E-state index in [1.807, 2.05) is 52.0 Å². The Morgan fingerprint density at radius 1 is 0.797 bits per heavy atom. The summed E-state index contributed by atoms with van der Waals surface area (Å²) in [6, 6.07) is 12.7. The molecule has 6 amide bonds. The Bertz CT molecular complexity index is 2130. The highest BCUT2D eigenvalue weighted by Gasteiger charge is 2.34. The molecule has 5 rings (SSSR count). The van der Waals surface area contributed by atoms with Crippen LogP contribution in [0.5, 0.6) is 5.75 Å². The normalized spacial score (nSPS) is 21.5. The summed E-state index contributed by atoms with van der Waals surface area (Å²) in [6.45, 7) is 10.2. The van der Waals surface area contributed by atoms with Crippen molar-refractivity contribution in [3.05, 3.63) is 95.4 Å². The Morgan fingerprint density at radius 3 is 2.14 bits per heavy atom. The molecule has 314 valence electrons. The molecular weight excluding hydrogens is 753 g/mol. The fourth-order valence-corrected chi connectivity index (χ4v) is 7.04. The van der Waals surface area contributed by atoms with E-state index in [1.54, 1.807) is 62.8 Å². The van der Waals surface area contributed by atoms with Crippen LogP contribution >= 0.6 is 0 Å². The molecule has 3 heterocycles. The molecule has 4 aromatic rings. The maximum Gasteiger partial charge on any atom is 0.256 e. The number of nitrogens with zero attached hydrogens (tertiary/aromatic N) is 2. The number of ether oxygens (including phenoxy) is 1. The van der Waals surface area contributed by atoms with Crippen molar-refractivity contribution >= 4 is 46.3 Å². The van der Waals surface area contributed by atoms with E-state index in [0.717, 1.165) is 16.5 Å². The molecule has 0 unspecified atom stereocenters. The van der Waals surface area contributed by atoms with Crippen molar-refractivity contribution in [2.75, 3.05) is 20.2 Å². The van der Waals surface area contributed by atoms with Crippen LogP contribution in [0.2, 0.25) is 0 Å². The largest absolute Gasteiger partial charge is 0.497 e. The van der Waals surface area contributed by atoms with E-state index in [-0.39, 0.29) is 43.2 Å². The minimum Gasteiger partial charge on any atom is -0.497 e. The molecule has 2 aromatic carbocycles. The van der Waals surface area contributed by atoms with Crippen LogP contribution in [0.1, 0.15) is 68.2 Å². The SMILES string of the molecule is COc1ccc(C[C@@H]2NC(=O)[C@H](CC(C)C)NC(=O)[C@@H](Cc3c[nH]c4ccccc34)NC(=O)CN(C(=O)c3cccnc3C)C[C@H](C(C)C)NC(=O)[C@@H](C)NC2=O)cc1. The molecule has 15 nitrogen and oxygen atoms in total. The van der Waals surface area contributed by atoms with Crippen molar-refractivity contribution in [2.24, 2.45) is 11.8 Å². The monoisotopic (exact) mass is 808 g/mol. The van der Waals surface area contributed by atoms with Gasteiger partial charge in [-0.1, -0.05) is 58.0 Å². The van der Waals surface area contributed by atoms with Crippen LogP contribution in [0.15, 0.2) is 73.1 Å². The molecule has 1 fully saturated rings. The van der Waals surface area contributed by atoms with Crippen molar-refractivity contribution in [2.45, 2.75) is 91.0 Å². The van der Waals surface area contributed by atoms with Gasteiger partial charge in [0.1, 0.15) is 29.9 Å². The van der Waals surface area contributed by atoms with Crippen molar-refractivity contribution in [3.8, 4) is 5.75 Å². The highest BCUT2D eigenvalue weighted by Crippen LogP contribution is 2.20. The zero-order valence-corrected chi connectivity index (χ0v) is 34.8. The maximum absolute atomic E-state index is 14.4. The summed E-state index contributed by atoms with van der Waals surface area (Å²) >= 11 is 0. The van der Waals surface area contributed by atoms with Crippen molar-refractivity contribution in [3.63, 3.8) is 0 Å². The van der Waals surface area contributed by atoms with E-state index in [0.29, 0.717) is 17.0 Å². The number of nitrogens with one attached hydrogen (secondary N) is 6. The first-order chi connectivity index (χ1) is 28.1. The molecule has 2 aromatic heterocycles. The molecule has 5 atom stereocenters. The van der Waals surface area contributed by atoms with Crippen LogP contribution < -0.4 is 31.3 Å². The number of methoxy groups -OCH3 is 1. The molecule has 15 heteroatoms. The van der Waals surface area contributed by atoms with E-state index < -0.39 is 72.2 Å². The van der Waals surface area contributed by atoms with E-state index >= 15 is 0 Å². The van der Waals surface area contributed by atoms with Gasteiger partial charge in [0, 0.05) is 54.4 Å². The van der Waals surface area contributed by atoms with Gasteiger partial charge in [0.25, 0.3) is 5.91 Å². The van der Waals surface area contributed by atoms with E-state index in [2.05, 4.69) is 36.6 Å². The third-order valence-electron chi connectivity index (χ3n) is 10.5. The first-order valence-electron chi connectivity index (χ1n) is 20.0. The van der Waals surface area contributed by atoms with Crippen LogP contribution in [-0.4, -0.2) is 101 Å². The van der Waals surface area contributed by atoms with E-state index in [9.17, 15) is 28.8 Å². The van der Waals surface area contributed by atoms with Gasteiger partial charge in [-0.2, -0.15) is 0 Å². The van der Waals surface area contributed by atoms with E-state index in [1.165, 1.54) is 11.8 Å². The third-order valence-corrected chi connectivity index (χ3v) is 10.5. The lowest BCUT2D eigenvalue weighted by molar-refractivity contribution is -0.135. The molecule has 1 saturated heterocycles. The lowest BCUT2D eigenvalue weighted by Crippen LogP contribution is -2.60. The minimum absolute atomic E-state index is 0.0539. The third kappa shape index (κ3) is 11.7. The lowest BCUT2D eigenvalue weighted by Gasteiger charge is -2.32. The van der Waals surface area contributed by atoms with Crippen LogP contribution in [0.25, 0.3) is 10.9 Å². The summed E-state index contributed by atoms with van der Waals surface area (Å²) in [5, 5.41) is 15.2. The number of para-hydroxylation sites is 1. The smallest absolute Gasteiger partial charge is 0.256 e. The summed E-state index contributed by atoms with van der Waals surface area (Å²) in [7, 11) is 1.54. The highest BCUT2D eigenvalue weighted by molar-refractivity contribution is 5.99. The number of hydrogen-bond acceptors (Lipinski definition) is 8. The van der Waals surface area contributed by atoms with Crippen LogP contribution in [0.4, 0.5) is 0 Å². The van der Waals surface area contributed by atoms with Gasteiger partial charge < -0.3 is 41.2 Å². The summed E-state index contributed by atoms with van der Waals surface area (Å²) in [5.41, 5.74) is 3.03. The number of hydrogen-bond donors (Lipinski definition) is 6. The molecule has 0 spiro atoms. The number of H-pyrrole nitrogens is 1. The second-order valence-electron chi connectivity index (χ2n) is 15.9. The second-order valence-corrected chi connectivity index (χ2v) is 15.9. The van der Waals surface area contributed by atoms with Crippen LogP contribution in [-0.2, 0) is 36.8 Å². The van der Waals surface area contributed by atoms with Crippen molar-refractivity contribution in [1.82, 2.24) is 41.5 Å². The predicted octanol–water partition coefficient (Wildman–Crippen LogP) is 2.97. The van der Waals surface area contributed by atoms with Gasteiger partial charge in [-0.3, -0.25) is 33.8 Å². The number of pyridine rings is 1. The first-order valence-corrected chi connectivity index (χ1v) is 20.0. The molecule has 0 bridgehead atoms. The van der Waals surface area contributed by atoms with Crippen molar-refractivity contribution in [1.29, 1.82) is 0 Å². The standard InChI is InChI=1S/C44H56N8O7/c1-25(2)19-35-42(56)50-36(20-29-14-16-31(59-7)17-15-29)41(55)47-28(6)40(54)51-38(26(3)4)23-52(44(58)32-12-10-18-45-27(32)5)24-39(53)48-37(43(57)49-35)21-30-22-46-34-13-9-8-11-33(30)34/h8-18,22,25-26,28,35-38,46H,19-21,23-24H2,1-7H3,(H,47,55)(H,48,53)(H,49,57)(H,50,56)(H,51,54)/t28-,35+,36+,37-,38-/m1/s1. The van der Waals surface area contributed by atoms with Gasteiger partial charge in [-0.05, 0) is 73.6 Å². The Kier molecular flexibility index (Phi) is 14.8. The number of aromatic amines is 1. The van der Waals surface area contributed by atoms with Crippen molar-refractivity contribution < 1.29 is 33.5 Å². The zero-order valence-electron chi connectivity index (χ0n) is 34.8. The van der Waals surface area contributed by atoms with Crippen LogP contribution in [0.3, 0.4) is 0 Å². The minimum atomic E-state index is -1.18. The number of carbonyl (C=O) groups excluding carboxylic acids is 6. The number of aromatic nitrogens is 2. The Labute approximate surface area is 344 Å². The highest BCUT2D eigenvalue weighted by atomic mass is 16.5.